The first kappa shape index (κ1) is 18.1. The third kappa shape index (κ3) is 3.48. The summed E-state index contributed by atoms with van der Waals surface area (Å²) in [4.78, 5) is 31.1. The van der Waals surface area contributed by atoms with Crippen molar-refractivity contribution in [3.8, 4) is 0 Å². The highest BCUT2D eigenvalue weighted by molar-refractivity contribution is 6.31. The highest BCUT2D eigenvalue weighted by atomic mass is 35.5. The predicted molar refractivity (Wildman–Crippen MR) is 102 cm³/mol. The number of aromatic nitrogens is 1. The summed E-state index contributed by atoms with van der Waals surface area (Å²) in [5, 5.41) is 3.57. The zero-order valence-corrected chi connectivity index (χ0v) is 15.8. The lowest BCUT2D eigenvalue weighted by Gasteiger charge is -2.33. The predicted octanol–water partition coefficient (Wildman–Crippen LogP) is 2.61. The fraction of sp³-hybridized carbons (Fsp3) is 0.526. The van der Waals surface area contributed by atoms with Gasteiger partial charge in [0.05, 0.1) is 0 Å². The van der Waals surface area contributed by atoms with Crippen molar-refractivity contribution in [2.75, 3.05) is 18.0 Å². The van der Waals surface area contributed by atoms with E-state index in [1.165, 1.54) is 0 Å². The van der Waals surface area contributed by atoms with E-state index in [9.17, 15) is 9.59 Å². The molecule has 0 unspecified atom stereocenters. The van der Waals surface area contributed by atoms with Gasteiger partial charge in [0.2, 0.25) is 11.8 Å². The lowest BCUT2D eigenvalue weighted by atomic mass is 9.91. The van der Waals surface area contributed by atoms with Gasteiger partial charge in [0.15, 0.2) is 5.58 Å². The molecule has 1 aliphatic carbocycles. The number of hydrogen-bond acceptors (Lipinski definition) is 5. The van der Waals surface area contributed by atoms with Crippen molar-refractivity contribution in [1.82, 2.24) is 10.3 Å². The SMILES string of the molecule is NC(=O)C1(NC(=O)C2CCN(c3nc4ccc(Cl)cc4o3)CC2)CCCC1. The van der Waals surface area contributed by atoms with Gasteiger partial charge in [0.25, 0.3) is 6.01 Å². The Balaban J connectivity index is 1.39. The molecule has 144 valence electrons. The second-order valence-corrected chi connectivity index (χ2v) is 7.95. The molecule has 4 rings (SSSR count). The molecular weight excluding hydrogens is 368 g/mol. The van der Waals surface area contributed by atoms with Crippen LogP contribution in [0.2, 0.25) is 5.02 Å². The van der Waals surface area contributed by atoms with Gasteiger partial charge in [-0.2, -0.15) is 4.98 Å². The second-order valence-electron chi connectivity index (χ2n) is 7.51. The molecule has 27 heavy (non-hydrogen) atoms. The van der Waals surface area contributed by atoms with E-state index in [1.807, 2.05) is 11.0 Å². The molecule has 1 aliphatic heterocycles. The maximum Gasteiger partial charge on any atom is 0.298 e. The summed E-state index contributed by atoms with van der Waals surface area (Å²) < 4.78 is 5.81. The van der Waals surface area contributed by atoms with E-state index in [1.54, 1.807) is 12.1 Å². The van der Waals surface area contributed by atoms with Crippen molar-refractivity contribution in [3.63, 3.8) is 0 Å². The molecule has 7 nitrogen and oxygen atoms in total. The molecule has 1 saturated carbocycles. The summed E-state index contributed by atoms with van der Waals surface area (Å²) in [7, 11) is 0. The zero-order valence-electron chi connectivity index (χ0n) is 15.0. The van der Waals surface area contributed by atoms with Crippen molar-refractivity contribution in [3.05, 3.63) is 23.2 Å². The van der Waals surface area contributed by atoms with Gasteiger partial charge in [-0.25, -0.2) is 0 Å². The number of nitrogens with one attached hydrogen (secondary N) is 1. The maximum atomic E-state index is 12.7. The summed E-state index contributed by atoms with van der Waals surface area (Å²) in [6.07, 6.45) is 4.48. The van der Waals surface area contributed by atoms with E-state index in [-0.39, 0.29) is 11.8 Å². The zero-order chi connectivity index (χ0) is 19.0. The highest BCUT2D eigenvalue weighted by Gasteiger charge is 2.42. The van der Waals surface area contributed by atoms with Crippen LogP contribution in [0, 0.1) is 5.92 Å². The van der Waals surface area contributed by atoms with E-state index < -0.39 is 11.4 Å². The minimum Gasteiger partial charge on any atom is -0.423 e. The van der Waals surface area contributed by atoms with Crippen LogP contribution in [0.5, 0.6) is 0 Å². The first-order valence-electron chi connectivity index (χ1n) is 9.40. The number of nitrogens with zero attached hydrogens (tertiary/aromatic N) is 2. The number of amides is 2. The summed E-state index contributed by atoms with van der Waals surface area (Å²) in [5.41, 5.74) is 6.13. The Bertz CT molecular complexity index is 867. The first-order chi connectivity index (χ1) is 13.0. The van der Waals surface area contributed by atoms with Crippen LogP contribution >= 0.6 is 11.6 Å². The van der Waals surface area contributed by atoms with Crippen LogP contribution in [0.3, 0.4) is 0 Å². The Kier molecular flexibility index (Phi) is 4.72. The quantitative estimate of drug-likeness (QED) is 0.835. The lowest BCUT2D eigenvalue weighted by molar-refractivity contribution is -0.134. The van der Waals surface area contributed by atoms with E-state index in [4.69, 9.17) is 21.8 Å². The number of hydrogen-bond donors (Lipinski definition) is 2. The minimum atomic E-state index is -0.853. The van der Waals surface area contributed by atoms with Gasteiger partial charge in [0.1, 0.15) is 11.1 Å². The van der Waals surface area contributed by atoms with Crippen molar-refractivity contribution < 1.29 is 14.0 Å². The second kappa shape index (κ2) is 7.03. The van der Waals surface area contributed by atoms with Crippen LogP contribution in [-0.4, -0.2) is 35.4 Å². The number of carbonyl (C=O) groups excluding carboxylic acids is 2. The molecule has 8 heteroatoms. The summed E-state index contributed by atoms with van der Waals surface area (Å²) in [6, 6.07) is 5.91. The maximum absolute atomic E-state index is 12.7. The number of benzene rings is 1. The standard InChI is InChI=1S/C19H23ClN4O3/c20-13-3-4-14-15(11-13)27-18(22-14)24-9-5-12(6-10-24)16(25)23-19(17(21)26)7-1-2-8-19/h3-4,11-12H,1-2,5-10H2,(H2,21,26)(H,23,25). The van der Waals surface area contributed by atoms with Crippen LogP contribution in [0.15, 0.2) is 22.6 Å². The number of nitrogens with two attached hydrogens (primary N) is 1. The number of rotatable bonds is 4. The molecule has 1 aromatic carbocycles. The molecule has 0 spiro atoms. The molecule has 2 amide bonds. The molecule has 1 saturated heterocycles. The summed E-state index contributed by atoms with van der Waals surface area (Å²) in [6.45, 7) is 1.34. The van der Waals surface area contributed by atoms with Gasteiger partial charge in [-0.3, -0.25) is 9.59 Å². The van der Waals surface area contributed by atoms with Crippen LogP contribution in [0.1, 0.15) is 38.5 Å². The highest BCUT2D eigenvalue weighted by Crippen LogP contribution is 2.31. The minimum absolute atomic E-state index is 0.0697. The molecule has 2 fully saturated rings. The van der Waals surface area contributed by atoms with Gasteiger partial charge in [-0.05, 0) is 37.8 Å². The molecule has 0 radical (unpaired) electrons. The molecule has 2 aliphatic rings. The van der Waals surface area contributed by atoms with Gasteiger partial charge in [-0.15, -0.1) is 0 Å². The Morgan fingerprint density at radius 2 is 1.96 bits per heavy atom. The Hall–Kier alpha value is -2.28. The van der Waals surface area contributed by atoms with Crippen molar-refractivity contribution in [2.24, 2.45) is 11.7 Å². The Morgan fingerprint density at radius 1 is 1.26 bits per heavy atom. The summed E-state index contributed by atoms with van der Waals surface area (Å²) >= 11 is 5.99. The van der Waals surface area contributed by atoms with Gasteiger partial charge >= 0.3 is 0 Å². The third-order valence-electron chi connectivity index (χ3n) is 5.77. The molecule has 0 bridgehead atoms. The number of primary amides is 1. The molecule has 2 aromatic rings. The van der Waals surface area contributed by atoms with E-state index in [0.29, 0.717) is 55.4 Å². The topological polar surface area (TPSA) is 101 Å². The molecule has 1 aromatic heterocycles. The average molecular weight is 391 g/mol. The van der Waals surface area contributed by atoms with Gasteiger partial charge in [0, 0.05) is 30.1 Å². The number of fused-ring (bicyclic) bond motifs is 1. The summed E-state index contributed by atoms with van der Waals surface area (Å²) in [5.74, 6) is -0.618. The van der Waals surface area contributed by atoms with Crippen LogP contribution in [-0.2, 0) is 9.59 Å². The van der Waals surface area contributed by atoms with Crippen molar-refractivity contribution in [1.29, 1.82) is 0 Å². The number of carbonyl (C=O) groups is 2. The lowest BCUT2D eigenvalue weighted by Crippen LogP contribution is -2.57. The van der Waals surface area contributed by atoms with Crippen LogP contribution in [0.4, 0.5) is 6.01 Å². The number of anilines is 1. The van der Waals surface area contributed by atoms with E-state index in [0.717, 1.165) is 18.4 Å². The first-order valence-corrected chi connectivity index (χ1v) is 9.78. The molecule has 3 N–H and O–H groups in total. The Morgan fingerprint density at radius 3 is 2.63 bits per heavy atom. The fourth-order valence-electron chi connectivity index (χ4n) is 4.10. The van der Waals surface area contributed by atoms with Crippen molar-refractivity contribution in [2.45, 2.75) is 44.1 Å². The third-order valence-corrected chi connectivity index (χ3v) is 6.00. The largest absolute Gasteiger partial charge is 0.423 e. The smallest absolute Gasteiger partial charge is 0.298 e. The van der Waals surface area contributed by atoms with E-state index in [2.05, 4.69) is 10.3 Å². The average Bonchev–Trinajstić information content (AvgIpc) is 3.29. The van der Waals surface area contributed by atoms with E-state index >= 15 is 0 Å². The van der Waals surface area contributed by atoms with Crippen LogP contribution in [0.25, 0.3) is 11.1 Å². The van der Waals surface area contributed by atoms with Crippen molar-refractivity contribution >= 4 is 40.5 Å². The van der Waals surface area contributed by atoms with Gasteiger partial charge in [-0.1, -0.05) is 24.4 Å². The normalized spacial score (nSPS) is 20.1. The van der Waals surface area contributed by atoms with Gasteiger partial charge < -0.3 is 20.4 Å². The molecule has 0 atom stereocenters. The molecular formula is C19H23ClN4O3. The number of oxazole rings is 1. The fourth-order valence-corrected chi connectivity index (χ4v) is 4.27. The van der Waals surface area contributed by atoms with Crippen LogP contribution < -0.4 is 16.0 Å². The number of halogens is 1. The Labute approximate surface area is 162 Å². The molecule has 2 heterocycles. The monoisotopic (exact) mass is 390 g/mol. The number of piperidine rings is 1.